The second kappa shape index (κ2) is 15.8. The van der Waals surface area contributed by atoms with E-state index in [4.69, 9.17) is 0 Å². The van der Waals surface area contributed by atoms with Gasteiger partial charge in [0.1, 0.15) is 5.78 Å². The molecule has 0 spiro atoms. The fraction of sp³-hybridized carbons (Fsp3) is 0.741. The summed E-state index contributed by atoms with van der Waals surface area (Å²) < 4.78 is 0. The molecule has 0 heterocycles. The lowest BCUT2D eigenvalue weighted by Gasteiger charge is -2.22. The third kappa shape index (κ3) is 10.4. The fourth-order valence-electron chi connectivity index (χ4n) is 4.14. The summed E-state index contributed by atoms with van der Waals surface area (Å²) in [6.07, 6.45) is 17.9. The Hall–Kier alpha value is -1.11. The first-order valence-corrected chi connectivity index (χ1v) is 12.2. The van der Waals surface area contributed by atoms with Crippen molar-refractivity contribution in [2.24, 2.45) is 5.92 Å². The molecule has 0 bridgehead atoms. The Labute approximate surface area is 175 Å². The molecule has 0 aliphatic rings. The Kier molecular flexibility index (Phi) is 14.0. The number of hydrogen-bond donors (Lipinski definition) is 0. The van der Waals surface area contributed by atoms with Gasteiger partial charge in [-0.05, 0) is 24.8 Å². The Morgan fingerprint density at radius 1 is 0.750 bits per heavy atom. The molecule has 0 aliphatic carbocycles. The minimum Gasteiger partial charge on any atom is -0.299 e. The normalized spacial score (nSPS) is 13.4. The maximum absolute atomic E-state index is 12.9. The molecule has 0 N–H and O–H groups in total. The van der Waals surface area contributed by atoms with Gasteiger partial charge in [0.2, 0.25) is 0 Å². The fourth-order valence-corrected chi connectivity index (χ4v) is 4.14. The van der Waals surface area contributed by atoms with Crippen molar-refractivity contribution in [3.05, 3.63) is 35.4 Å². The van der Waals surface area contributed by atoms with Crippen LogP contribution < -0.4 is 0 Å². The summed E-state index contributed by atoms with van der Waals surface area (Å²) in [5.41, 5.74) is 2.48. The Balaban J connectivity index is 2.19. The van der Waals surface area contributed by atoms with E-state index in [1.807, 2.05) is 0 Å². The highest BCUT2D eigenvalue weighted by Crippen LogP contribution is 2.30. The maximum atomic E-state index is 12.9. The van der Waals surface area contributed by atoms with Crippen LogP contribution in [0.1, 0.15) is 128 Å². The molecule has 160 valence electrons. The first-order chi connectivity index (χ1) is 13.6. The average molecular weight is 387 g/mol. The summed E-state index contributed by atoms with van der Waals surface area (Å²) in [6.45, 7) is 8.81. The molecule has 1 aromatic carbocycles. The highest BCUT2D eigenvalue weighted by Gasteiger charge is 2.25. The van der Waals surface area contributed by atoms with Gasteiger partial charge in [-0.25, -0.2) is 0 Å². The van der Waals surface area contributed by atoms with Crippen LogP contribution in [-0.2, 0) is 4.79 Å². The van der Waals surface area contributed by atoms with Gasteiger partial charge in [0.15, 0.2) is 0 Å². The highest BCUT2D eigenvalue weighted by molar-refractivity contribution is 5.86. The standard InChI is InChI=1S/C27H46O/c1-5-7-8-9-10-11-12-13-14-15-16-17-18-26(28)27(24(4)6-2)25-21-19-23(3)20-22-25/h19-22,24,27H,5-18H2,1-4H3. The summed E-state index contributed by atoms with van der Waals surface area (Å²) in [5, 5.41) is 0. The molecule has 1 rings (SSSR count). The molecule has 0 aromatic heterocycles. The summed E-state index contributed by atoms with van der Waals surface area (Å²) in [4.78, 5) is 12.9. The van der Waals surface area contributed by atoms with Crippen LogP contribution in [0.5, 0.6) is 0 Å². The zero-order chi connectivity index (χ0) is 20.6. The van der Waals surface area contributed by atoms with Crippen LogP contribution >= 0.6 is 0 Å². The van der Waals surface area contributed by atoms with Gasteiger partial charge in [-0.3, -0.25) is 4.79 Å². The number of benzene rings is 1. The van der Waals surface area contributed by atoms with Gasteiger partial charge < -0.3 is 0 Å². The SMILES string of the molecule is CCCCCCCCCCCCCCC(=O)C(c1ccc(C)cc1)C(C)CC. The van der Waals surface area contributed by atoms with Crippen molar-refractivity contribution in [2.75, 3.05) is 0 Å². The highest BCUT2D eigenvalue weighted by atomic mass is 16.1. The molecule has 2 unspecified atom stereocenters. The Morgan fingerprint density at radius 3 is 1.68 bits per heavy atom. The van der Waals surface area contributed by atoms with Gasteiger partial charge in [0.05, 0.1) is 0 Å². The van der Waals surface area contributed by atoms with E-state index >= 15 is 0 Å². The predicted molar refractivity (Wildman–Crippen MR) is 124 cm³/mol. The van der Waals surface area contributed by atoms with E-state index in [0.29, 0.717) is 11.7 Å². The average Bonchev–Trinajstić information content (AvgIpc) is 2.70. The third-order valence-corrected chi connectivity index (χ3v) is 6.27. The smallest absolute Gasteiger partial charge is 0.140 e. The minimum absolute atomic E-state index is 0.0818. The van der Waals surface area contributed by atoms with Crippen LogP contribution in [0.2, 0.25) is 0 Å². The molecular weight excluding hydrogens is 340 g/mol. The van der Waals surface area contributed by atoms with Gasteiger partial charge in [-0.15, -0.1) is 0 Å². The molecule has 28 heavy (non-hydrogen) atoms. The summed E-state index contributed by atoms with van der Waals surface area (Å²) in [7, 11) is 0. The molecule has 1 aromatic rings. The van der Waals surface area contributed by atoms with Crippen LogP contribution in [0.3, 0.4) is 0 Å². The summed E-state index contributed by atoms with van der Waals surface area (Å²) >= 11 is 0. The quantitative estimate of drug-likeness (QED) is 0.244. The molecule has 0 radical (unpaired) electrons. The first kappa shape index (κ1) is 24.9. The van der Waals surface area contributed by atoms with E-state index in [0.717, 1.165) is 19.3 Å². The number of unbranched alkanes of at least 4 members (excludes halogenated alkanes) is 11. The number of carbonyl (C=O) groups is 1. The van der Waals surface area contributed by atoms with Crippen LogP contribution in [0, 0.1) is 12.8 Å². The lowest BCUT2D eigenvalue weighted by atomic mass is 9.80. The van der Waals surface area contributed by atoms with E-state index in [2.05, 4.69) is 52.0 Å². The molecule has 2 atom stereocenters. The number of ketones is 1. The van der Waals surface area contributed by atoms with Crippen LogP contribution in [0.25, 0.3) is 0 Å². The van der Waals surface area contributed by atoms with E-state index in [-0.39, 0.29) is 5.92 Å². The van der Waals surface area contributed by atoms with E-state index in [9.17, 15) is 4.79 Å². The molecular formula is C27H46O. The lowest BCUT2D eigenvalue weighted by Crippen LogP contribution is -2.19. The summed E-state index contributed by atoms with van der Waals surface area (Å²) in [6, 6.07) is 8.60. The van der Waals surface area contributed by atoms with Crippen molar-refractivity contribution in [1.82, 2.24) is 0 Å². The molecule has 0 aliphatic heterocycles. The van der Waals surface area contributed by atoms with Crippen molar-refractivity contribution in [3.63, 3.8) is 0 Å². The molecule has 0 amide bonds. The van der Waals surface area contributed by atoms with Gasteiger partial charge in [-0.2, -0.15) is 0 Å². The van der Waals surface area contributed by atoms with Crippen molar-refractivity contribution in [3.8, 4) is 0 Å². The lowest BCUT2D eigenvalue weighted by molar-refractivity contribution is -0.121. The van der Waals surface area contributed by atoms with Crippen LogP contribution in [0.4, 0.5) is 0 Å². The minimum atomic E-state index is 0.0818. The number of Topliss-reactive ketones (excluding diaryl/α,β-unsaturated/α-hetero) is 1. The zero-order valence-corrected chi connectivity index (χ0v) is 19.3. The number of carbonyl (C=O) groups excluding carboxylic acids is 1. The number of rotatable bonds is 17. The van der Waals surface area contributed by atoms with E-state index in [1.54, 1.807) is 0 Å². The van der Waals surface area contributed by atoms with Crippen molar-refractivity contribution in [2.45, 2.75) is 124 Å². The Bertz CT molecular complexity index is 501. The maximum Gasteiger partial charge on any atom is 0.140 e. The van der Waals surface area contributed by atoms with Crippen molar-refractivity contribution >= 4 is 5.78 Å². The van der Waals surface area contributed by atoms with Gasteiger partial charge >= 0.3 is 0 Å². The molecule has 0 saturated carbocycles. The van der Waals surface area contributed by atoms with Crippen molar-refractivity contribution < 1.29 is 4.79 Å². The molecule has 1 heteroatoms. The molecule has 0 saturated heterocycles. The second-order valence-corrected chi connectivity index (χ2v) is 8.88. The van der Waals surface area contributed by atoms with Crippen LogP contribution in [-0.4, -0.2) is 5.78 Å². The topological polar surface area (TPSA) is 17.1 Å². The van der Waals surface area contributed by atoms with Gasteiger partial charge in [0, 0.05) is 12.3 Å². The van der Waals surface area contributed by atoms with E-state index in [1.165, 1.54) is 81.8 Å². The first-order valence-electron chi connectivity index (χ1n) is 12.2. The van der Waals surface area contributed by atoms with Gasteiger partial charge in [0.25, 0.3) is 0 Å². The largest absolute Gasteiger partial charge is 0.299 e. The van der Waals surface area contributed by atoms with E-state index < -0.39 is 0 Å². The third-order valence-electron chi connectivity index (χ3n) is 6.27. The van der Waals surface area contributed by atoms with Crippen LogP contribution in [0.15, 0.2) is 24.3 Å². The summed E-state index contributed by atoms with van der Waals surface area (Å²) in [5.74, 6) is 0.955. The Morgan fingerprint density at radius 2 is 1.21 bits per heavy atom. The molecule has 1 nitrogen and oxygen atoms in total. The van der Waals surface area contributed by atoms with Crippen molar-refractivity contribution in [1.29, 1.82) is 0 Å². The van der Waals surface area contributed by atoms with Gasteiger partial charge in [-0.1, -0.05) is 128 Å². The number of hydrogen-bond acceptors (Lipinski definition) is 1. The zero-order valence-electron chi connectivity index (χ0n) is 19.3. The second-order valence-electron chi connectivity index (χ2n) is 8.88. The monoisotopic (exact) mass is 386 g/mol. The molecule has 0 fully saturated rings. The predicted octanol–water partition coefficient (Wildman–Crippen LogP) is 8.79. The number of aryl methyl sites for hydroxylation is 1.